The van der Waals surface area contributed by atoms with Gasteiger partial charge in [-0.15, -0.1) is 0 Å². The Bertz CT molecular complexity index is 325. The Morgan fingerprint density at radius 1 is 1.11 bits per heavy atom. The Morgan fingerprint density at radius 2 is 1.89 bits per heavy atom. The van der Waals surface area contributed by atoms with E-state index in [1.807, 2.05) is 0 Å². The molecule has 3 aliphatic rings. The predicted molar refractivity (Wildman–Crippen MR) is 71.1 cm³/mol. The van der Waals surface area contributed by atoms with Crippen LogP contribution in [0.5, 0.6) is 0 Å². The molecule has 2 heterocycles. The monoisotopic (exact) mass is 251 g/mol. The Labute approximate surface area is 109 Å². The molecule has 18 heavy (non-hydrogen) atoms. The van der Waals surface area contributed by atoms with Crippen molar-refractivity contribution in [2.24, 2.45) is 5.73 Å². The van der Waals surface area contributed by atoms with E-state index >= 15 is 0 Å². The number of hydrogen-bond acceptors (Lipinski definition) is 3. The number of piperidine rings is 1. The molecule has 1 saturated carbocycles. The zero-order valence-corrected chi connectivity index (χ0v) is 11.2. The summed E-state index contributed by atoms with van der Waals surface area (Å²) in [5.41, 5.74) is 5.66. The normalized spacial score (nSPS) is 35.4. The molecule has 3 fully saturated rings. The summed E-state index contributed by atoms with van der Waals surface area (Å²) in [6.45, 7) is 2.36. The highest BCUT2D eigenvalue weighted by molar-refractivity contribution is 5.86. The minimum absolute atomic E-state index is 0.109. The molecule has 4 heteroatoms. The SMILES string of the molecule is NC1(C(=O)NC2CCN3CCCCC23)CCCC1. The lowest BCUT2D eigenvalue weighted by Gasteiger charge is -2.34. The maximum atomic E-state index is 12.3. The molecule has 0 spiro atoms. The Hall–Kier alpha value is -0.610. The van der Waals surface area contributed by atoms with Crippen molar-refractivity contribution >= 4 is 5.91 Å². The van der Waals surface area contributed by atoms with E-state index in [0.29, 0.717) is 12.1 Å². The number of carbonyl (C=O) groups is 1. The van der Waals surface area contributed by atoms with Gasteiger partial charge >= 0.3 is 0 Å². The molecule has 102 valence electrons. The van der Waals surface area contributed by atoms with E-state index < -0.39 is 5.54 Å². The Balaban J connectivity index is 1.61. The van der Waals surface area contributed by atoms with Gasteiger partial charge in [0.25, 0.3) is 0 Å². The van der Waals surface area contributed by atoms with Gasteiger partial charge in [-0.25, -0.2) is 0 Å². The molecule has 4 nitrogen and oxygen atoms in total. The largest absolute Gasteiger partial charge is 0.350 e. The first kappa shape index (κ1) is 12.4. The van der Waals surface area contributed by atoms with Gasteiger partial charge in [0.1, 0.15) is 0 Å². The second kappa shape index (κ2) is 4.82. The summed E-state index contributed by atoms with van der Waals surface area (Å²) in [6.07, 6.45) is 8.89. The molecular weight excluding hydrogens is 226 g/mol. The molecule has 3 rings (SSSR count). The fraction of sp³-hybridized carbons (Fsp3) is 0.929. The van der Waals surface area contributed by atoms with Crippen LogP contribution in [0.15, 0.2) is 0 Å². The molecule has 0 bridgehead atoms. The molecule has 1 amide bonds. The first-order valence-corrected chi connectivity index (χ1v) is 7.53. The van der Waals surface area contributed by atoms with Crippen LogP contribution in [0.1, 0.15) is 51.4 Å². The number of hydrogen-bond donors (Lipinski definition) is 2. The van der Waals surface area contributed by atoms with Crippen molar-refractivity contribution in [3.63, 3.8) is 0 Å². The molecule has 2 saturated heterocycles. The van der Waals surface area contributed by atoms with Gasteiger partial charge in [-0.3, -0.25) is 9.69 Å². The summed E-state index contributed by atoms with van der Waals surface area (Å²) < 4.78 is 0. The van der Waals surface area contributed by atoms with E-state index in [1.54, 1.807) is 0 Å². The van der Waals surface area contributed by atoms with Gasteiger partial charge in [-0.05, 0) is 38.6 Å². The average Bonchev–Trinajstić information content (AvgIpc) is 2.98. The van der Waals surface area contributed by atoms with E-state index in [2.05, 4.69) is 10.2 Å². The Morgan fingerprint density at radius 3 is 2.67 bits per heavy atom. The second-order valence-corrected chi connectivity index (χ2v) is 6.33. The highest BCUT2D eigenvalue weighted by atomic mass is 16.2. The van der Waals surface area contributed by atoms with Gasteiger partial charge < -0.3 is 11.1 Å². The van der Waals surface area contributed by atoms with Gasteiger partial charge in [-0.1, -0.05) is 19.3 Å². The van der Waals surface area contributed by atoms with Crippen LogP contribution in [0.2, 0.25) is 0 Å². The summed E-state index contributed by atoms with van der Waals surface area (Å²) in [7, 11) is 0. The standard InChI is InChI=1S/C14H25N3O/c15-14(7-2-3-8-14)13(18)16-11-6-10-17-9-4-1-5-12(11)17/h11-12H,1-10,15H2,(H,16,18). The highest BCUT2D eigenvalue weighted by Gasteiger charge is 2.41. The van der Waals surface area contributed by atoms with E-state index in [9.17, 15) is 4.79 Å². The number of rotatable bonds is 2. The maximum absolute atomic E-state index is 12.3. The third-order valence-corrected chi connectivity index (χ3v) is 5.12. The molecule has 0 aromatic carbocycles. The van der Waals surface area contributed by atoms with Crippen LogP contribution in [0, 0.1) is 0 Å². The molecule has 0 aromatic heterocycles. The van der Waals surface area contributed by atoms with Crippen molar-refractivity contribution < 1.29 is 4.79 Å². The van der Waals surface area contributed by atoms with Gasteiger partial charge in [-0.2, -0.15) is 0 Å². The number of nitrogens with zero attached hydrogens (tertiary/aromatic N) is 1. The van der Waals surface area contributed by atoms with Crippen LogP contribution >= 0.6 is 0 Å². The molecular formula is C14H25N3O. The lowest BCUT2D eigenvalue weighted by atomic mass is 9.95. The molecule has 0 aromatic rings. The van der Waals surface area contributed by atoms with Gasteiger partial charge in [0.15, 0.2) is 0 Å². The minimum atomic E-state index is -0.567. The quantitative estimate of drug-likeness (QED) is 0.770. The lowest BCUT2D eigenvalue weighted by molar-refractivity contribution is -0.127. The first-order valence-electron chi connectivity index (χ1n) is 7.53. The molecule has 2 aliphatic heterocycles. The lowest BCUT2D eigenvalue weighted by Crippen LogP contribution is -2.57. The van der Waals surface area contributed by atoms with Crippen molar-refractivity contribution in [2.45, 2.75) is 69.0 Å². The second-order valence-electron chi connectivity index (χ2n) is 6.33. The van der Waals surface area contributed by atoms with Crippen molar-refractivity contribution in [3.05, 3.63) is 0 Å². The third kappa shape index (κ3) is 2.16. The smallest absolute Gasteiger partial charge is 0.240 e. The summed E-state index contributed by atoms with van der Waals surface area (Å²) in [6, 6.07) is 0.923. The molecule has 1 aliphatic carbocycles. The van der Waals surface area contributed by atoms with E-state index in [4.69, 9.17) is 5.73 Å². The van der Waals surface area contributed by atoms with Crippen LogP contribution in [0.3, 0.4) is 0 Å². The summed E-state index contributed by atoms with van der Waals surface area (Å²) >= 11 is 0. The predicted octanol–water partition coefficient (Wildman–Crippen LogP) is 1.00. The zero-order valence-electron chi connectivity index (χ0n) is 11.2. The van der Waals surface area contributed by atoms with Gasteiger partial charge in [0.2, 0.25) is 5.91 Å². The number of fused-ring (bicyclic) bond motifs is 1. The van der Waals surface area contributed by atoms with Crippen LogP contribution in [0.25, 0.3) is 0 Å². The van der Waals surface area contributed by atoms with Crippen molar-refractivity contribution in [3.8, 4) is 0 Å². The topological polar surface area (TPSA) is 58.4 Å². The minimum Gasteiger partial charge on any atom is -0.350 e. The Kier molecular flexibility index (Phi) is 3.32. The number of carbonyl (C=O) groups excluding carboxylic acids is 1. The highest BCUT2D eigenvalue weighted by Crippen LogP contribution is 2.30. The van der Waals surface area contributed by atoms with Crippen molar-refractivity contribution in [2.75, 3.05) is 13.1 Å². The number of amides is 1. The van der Waals surface area contributed by atoms with E-state index in [0.717, 1.165) is 38.6 Å². The maximum Gasteiger partial charge on any atom is 0.240 e. The van der Waals surface area contributed by atoms with Crippen LogP contribution < -0.4 is 11.1 Å². The number of nitrogens with one attached hydrogen (secondary N) is 1. The molecule has 0 radical (unpaired) electrons. The third-order valence-electron chi connectivity index (χ3n) is 5.12. The van der Waals surface area contributed by atoms with Crippen molar-refractivity contribution in [1.29, 1.82) is 0 Å². The first-order chi connectivity index (χ1) is 8.69. The number of nitrogens with two attached hydrogens (primary N) is 1. The summed E-state index contributed by atoms with van der Waals surface area (Å²) in [5, 5.41) is 3.25. The van der Waals surface area contributed by atoms with Crippen molar-refractivity contribution in [1.82, 2.24) is 10.2 Å². The van der Waals surface area contributed by atoms with Crippen LogP contribution in [0.4, 0.5) is 0 Å². The molecule has 2 unspecified atom stereocenters. The zero-order chi connectivity index (χ0) is 12.6. The fourth-order valence-electron chi connectivity index (χ4n) is 3.96. The fourth-order valence-corrected chi connectivity index (χ4v) is 3.96. The molecule has 3 N–H and O–H groups in total. The van der Waals surface area contributed by atoms with E-state index in [-0.39, 0.29) is 5.91 Å². The van der Waals surface area contributed by atoms with E-state index in [1.165, 1.54) is 25.8 Å². The summed E-state index contributed by atoms with van der Waals surface area (Å²) in [4.78, 5) is 14.9. The van der Waals surface area contributed by atoms with Crippen LogP contribution in [-0.2, 0) is 4.79 Å². The molecule has 2 atom stereocenters. The van der Waals surface area contributed by atoms with Gasteiger partial charge in [0, 0.05) is 18.6 Å². The van der Waals surface area contributed by atoms with Gasteiger partial charge in [0.05, 0.1) is 5.54 Å². The van der Waals surface area contributed by atoms with Crippen LogP contribution in [-0.4, -0.2) is 41.5 Å². The summed E-state index contributed by atoms with van der Waals surface area (Å²) in [5.74, 6) is 0.109. The average molecular weight is 251 g/mol.